The van der Waals surface area contributed by atoms with E-state index in [9.17, 15) is 14.4 Å². The van der Waals surface area contributed by atoms with E-state index >= 15 is 0 Å². The van der Waals surface area contributed by atoms with E-state index in [1.54, 1.807) is 0 Å². The summed E-state index contributed by atoms with van der Waals surface area (Å²) in [6.45, 7) is 6.34. The number of carbonyl (C=O) groups is 3. The Kier molecular flexibility index (Phi) is 47.1. The summed E-state index contributed by atoms with van der Waals surface area (Å²) in [5.74, 6) is -0.995. The van der Waals surface area contributed by atoms with Gasteiger partial charge >= 0.3 is 17.9 Å². The van der Waals surface area contributed by atoms with E-state index < -0.39 is 6.10 Å². The fourth-order valence-corrected chi connectivity index (χ4v) is 6.35. The molecule has 0 saturated carbocycles. The number of hydrogen-bond donors (Lipinski definition) is 0. The lowest BCUT2D eigenvalue weighted by atomic mass is 10.1. The molecule has 0 aliphatic rings. The van der Waals surface area contributed by atoms with Crippen molar-refractivity contribution in [3.05, 3.63) is 122 Å². The Balaban J connectivity index is 4.54. The minimum Gasteiger partial charge on any atom is -0.462 e. The number of unbranched alkanes of at least 4 members (excludes halogenated alkanes) is 19. The molecule has 6 heteroatoms. The molecule has 354 valence electrons. The maximum Gasteiger partial charge on any atom is 0.306 e. The zero-order valence-corrected chi connectivity index (χ0v) is 40.3. The van der Waals surface area contributed by atoms with Gasteiger partial charge in [-0.25, -0.2) is 0 Å². The van der Waals surface area contributed by atoms with Crippen LogP contribution in [0.5, 0.6) is 0 Å². The van der Waals surface area contributed by atoms with Crippen molar-refractivity contribution in [1.82, 2.24) is 0 Å². The van der Waals surface area contributed by atoms with Gasteiger partial charge in [-0.3, -0.25) is 14.4 Å². The molecule has 0 N–H and O–H groups in total. The van der Waals surface area contributed by atoms with Crippen molar-refractivity contribution in [3.8, 4) is 0 Å². The summed E-state index contributed by atoms with van der Waals surface area (Å²) >= 11 is 0. The molecular formula is C57H90O6. The Labute approximate surface area is 386 Å². The highest BCUT2D eigenvalue weighted by Crippen LogP contribution is 2.12. The molecule has 0 saturated heterocycles. The first kappa shape index (κ1) is 58.8. The van der Waals surface area contributed by atoms with E-state index in [0.29, 0.717) is 19.3 Å². The molecule has 1 unspecified atom stereocenters. The van der Waals surface area contributed by atoms with Crippen molar-refractivity contribution in [2.75, 3.05) is 13.2 Å². The molecular weight excluding hydrogens is 781 g/mol. The molecule has 0 radical (unpaired) electrons. The number of rotatable bonds is 43. The van der Waals surface area contributed by atoms with Crippen LogP contribution in [-0.2, 0) is 28.6 Å². The molecule has 0 rings (SSSR count). The van der Waals surface area contributed by atoms with Gasteiger partial charge in [0.15, 0.2) is 6.10 Å². The maximum atomic E-state index is 12.8. The van der Waals surface area contributed by atoms with Crippen LogP contribution in [0.15, 0.2) is 122 Å². The van der Waals surface area contributed by atoms with E-state index in [0.717, 1.165) is 103 Å². The van der Waals surface area contributed by atoms with E-state index in [1.165, 1.54) is 51.4 Å². The zero-order chi connectivity index (χ0) is 45.8. The minimum absolute atomic E-state index is 0.111. The number of ether oxygens (including phenoxy) is 3. The second-order valence-corrected chi connectivity index (χ2v) is 16.2. The molecule has 0 aromatic carbocycles. The number of allylic oxidation sites excluding steroid dienone is 20. The third-order valence-corrected chi connectivity index (χ3v) is 10.1. The predicted molar refractivity (Wildman–Crippen MR) is 269 cm³/mol. The van der Waals surface area contributed by atoms with Crippen molar-refractivity contribution in [1.29, 1.82) is 0 Å². The average molecular weight is 871 g/mol. The summed E-state index contributed by atoms with van der Waals surface area (Å²) in [5, 5.41) is 0. The summed E-state index contributed by atoms with van der Waals surface area (Å²) in [6, 6.07) is 0. The summed E-state index contributed by atoms with van der Waals surface area (Å²) in [5.41, 5.74) is 0. The highest BCUT2D eigenvalue weighted by molar-refractivity contribution is 5.71. The van der Waals surface area contributed by atoms with Crippen LogP contribution in [0.1, 0.15) is 201 Å². The van der Waals surface area contributed by atoms with Crippen LogP contribution >= 0.6 is 0 Å². The van der Waals surface area contributed by atoms with Gasteiger partial charge in [-0.2, -0.15) is 0 Å². The van der Waals surface area contributed by atoms with Crippen molar-refractivity contribution < 1.29 is 28.6 Å². The summed E-state index contributed by atoms with van der Waals surface area (Å²) in [7, 11) is 0. The SMILES string of the molecule is CC\C=C/C=C\C=C/C=C\C=C/CCCCCC(=O)OC(COC(=O)CCCCCCC\C=C/C=C\C=C/C=C\CCCCC)COC(=O)CCCCCCC/C=C\CCCCC. The minimum atomic E-state index is -0.816. The molecule has 0 aliphatic heterocycles. The Hall–Kier alpha value is -4.19. The van der Waals surface area contributed by atoms with Crippen molar-refractivity contribution in [2.45, 2.75) is 207 Å². The van der Waals surface area contributed by atoms with E-state index in [2.05, 4.69) is 93.7 Å². The van der Waals surface area contributed by atoms with Gasteiger partial charge < -0.3 is 14.2 Å². The first-order valence-electron chi connectivity index (χ1n) is 25.2. The van der Waals surface area contributed by atoms with Crippen LogP contribution in [0.25, 0.3) is 0 Å². The lowest BCUT2D eigenvalue weighted by molar-refractivity contribution is -0.167. The van der Waals surface area contributed by atoms with Gasteiger partial charge in [0.2, 0.25) is 0 Å². The highest BCUT2D eigenvalue weighted by atomic mass is 16.6. The van der Waals surface area contributed by atoms with E-state index in [1.807, 2.05) is 48.6 Å². The van der Waals surface area contributed by atoms with Gasteiger partial charge in [0.05, 0.1) is 0 Å². The third-order valence-electron chi connectivity index (χ3n) is 10.1. The fraction of sp³-hybridized carbons (Fsp3) is 0.596. The summed E-state index contributed by atoms with van der Waals surface area (Å²) in [4.78, 5) is 37.9. The second-order valence-electron chi connectivity index (χ2n) is 16.2. The standard InChI is InChI=1S/C57H90O6/c1-4-7-10-13-16-19-22-25-27-28-29-31-32-35-38-41-44-47-50-56(59)62-53-54(52-61-55(58)49-46-43-40-37-34-24-21-18-15-12-9-6-3)63-57(60)51-48-45-42-39-36-33-30-26-23-20-17-14-11-8-5-2/h8,11,14,16-23,25-31,33,36,54H,4-7,9-10,12-13,15,24,32,34-35,37-53H2,1-3H3/b11-8-,17-14-,19-16-,21-18-,23-20-,25-22-,28-27-,30-26-,31-29-,36-33-. The Morgan fingerprint density at radius 1 is 0.333 bits per heavy atom. The fourth-order valence-electron chi connectivity index (χ4n) is 6.35. The molecule has 0 aromatic rings. The molecule has 0 bridgehead atoms. The quantitative estimate of drug-likeness (QED) is 0.0200. The van der Waals surface area contributed by atoms with Gasteiger partial charge in [-0.1, -0.05) is 213 Å². The first-order valence-corrected chi connectivity index (χ1v) is 25.2. The van der Waals surface area contributed by atoms with Crippen LogP contribution < -0.4 is 0 Å². The number of esters is 3. The largest absolute Gasteiger partial charge is 0.462 e. The second kappa shape index (κ2) is 50.5. The molecule has 0 aliphatic carbocycles. The first-order chi connectivity index (χ1) is 31.0. The monoisotopic (exact) mass is 871 g/mol. The molecule has 0 spiro atoms. The smallest absolute Gasteiger partial charge is 0.306 e. The normalized spacial score (nSPS) is 13.1. The Bertz CT molecular complexity index is 1370. The molecule has 0 fully saturated rings. The van der Waals surface area contributed by atoms with Crippen LogP contribution in [0.3, 0.4) is 0 Å². The molecule has 63 heavy (non-hydrogen) atoms. The van der Waals surface area contributed by atoms with Crippen LogP contribution in [-0.4, -0.2) is 37.2 Å². The summed E-state index contributed by atoms with van der Waals surface area (Å²) in [6.07, 6.45) is 68.8. The lowest BCUT2D eigenvalue weighted by Gasteiger charge is -2.18. The summed E-state index contributed by atoms with van der Waals surface area (Å²) < 4.78 is 16.7. The molecule has 0 aromatic heterocycles. The van der Waals surface area contributed by atoms with Gasteiger partial charge in [0.25, 0.3) is 0 Å². The number of hydrogen-bond acceptors (Lipinski definition) is 6. The van der Waals surface area contributed by atoms with Gasteiger partial charge in [0.1, 0.15) is 13.2 Å². The highest BCUT2D eigenvalue weighted by Gasteiger charge is 2.19. The van der Waals surface area contributed by atoms with Crippen LogP contribution in [0.4, 0.5) is 0 Å². The molecule has 0 amide bonds. The molecule has 1 atom stereocenters. The number of carbonyl (C=O) groups excluding carboxylic acids is 3. The zero-order valence-electron chi connectivity index (χ0n) is 40.3. The molecule has 6 nitrogen and oxygen atoms in total. The molecule has 0 heterocycles. The van der Waals surface area contributed by atoms with Crippen LogP contribution in [0, 0.1) is 0 Å². The predicted octanol–water partition coefficient (Wildman–Crippen LogP) is 16.5. The van der Waals surface area contributed by atoms with Crippen molar-refractivity contribution >= 4 is 17.9 Å². The Morgan fingerprint density at radius 3 is 1.03 bits per heavy atom. The van der Waals surface area contributed by atoms with Gasteiger partial charge in [-0.05, 0) is 89.9 Å². The van der Waals surface area contributed by atoms with Gasteiger partial charge in [-0.15, -0.1) is 0 Å². The lowest BCUT2D eigenvalue weighted by Crippen LogP contribution is -2.30. The van der Waals surface area contributed by atoms with Crippen molar-refractivity contribution in [2.24, 2.45) is 0 Å². The third kappa shape index (κ3) is 48.7. The van der Waals surface area contributed by atoms with Gasteiger partial charge in [0, 0.05) is 19.3 Å². The average Bonchev–Trinajstić information content (AvgIpc) is 3.28. The van der Waals surface area contributed by atoms with Crippen molar-refractivity contribution in [3.63, 3.8) is 0 Å². The van der Waals surface area contributed by atoms with E-state index in [4.69, 9.17) is 14.2 Å². The van der Waals surface area contributed by atoms with Crippen LogP contribution in [0.2, 0.25) is 0 Å². The maximum absolute atomic E-state index is 12.8. The van der Waals surface area contributed by atoms with E-state index in [-0.39, 0.29) is 37.5 Å². The Morgan fingerprint density at radius 2 is 0.635 bits per heavy atom. The topological polar surface area (TPSA) is 78.9 Å².